The quantitative estimate of drug-likeness (QED) is 0.800. The summed E-state index contributed by atoms with van der Waals surface area (Å²) in [6.45, 7) is 2.36. The summed E-state index contributed by atoms with van der Waals surface area (Å²) in [6.07, 6.45) is 4.05. The van der Waals surface area contributed by atoms with Crippen LogP contribution >= 0.6 is 0 Å². The average Bonchev–Trinajstić information content (AvgIpc) is 2.72. The monoisotopic (exact) mass is 301 g/mol. The van der Waals surface area contributed by atoms with E-state index in [0.717, 1.165) is 12.3 Å². The highest BCUT2D eigenvalue weighted by atomic mass is 16.5. The highest BCUT2D eigenvalue weighted by Gasteiger charge is 2.49. The number of esters is 1. The van der Waals surface area contributed by atoms with Crippen molar-refractivity contribution in [2.75, 3.05) is 14.2 Å². The molecular weight excluding hydrogens is 274 g/mol. The fourth-order valence-corrected chi connectivity index (χ4v) is 4.76. The maximum atomic E-state index is 11.9. The van der Waals surface area contributed by atoms with Gasteiger partial charge in [-0.2, -0.15) is 0 Å². The van der Waals surface area contributed by atoms with E-state index in [2.05, 4.69) is 49.2 Å². The molecule has 0 spiro atoms. The summed E-state index contributed by atoms with van der Waals surface area (Å²) in [5.41, 5.74) is 1.39. The molecule has 1 aromatic rings. The van der Waals surface area contributed by atoms with Gasteiger partial charge in [-0.15, -0.1) is 0 Å². The van der Waals surface area contributed by atoms with E-state index in [-0.39, 0.29) is 5.97 Å². The fraction of sp³-hybridized carbons (Fsp3) is 0.632. The van der Waals surface area contributed by atoms with Gasteiger partial charge in [0.1, 0.15) is 0 Å². The normalized spacial score (nSPS) is 34.6. The Balaban J connectivity index is 1.81. The lowest BCUT2D eigenvalue weighted by Crippen LogP contribution is -2.48. The highest BCUT2D eigenvalue weighted by molar-refractivity contribution is 5.69. The van der Waals surface area contributed by atoms with E-state index in [0.29, 0.717) is 30.3 Å². The van der Waals surface area contributed by atoms with Crippen LogP contribution in [-0.2, 0) is 16.0 Å². The van der Waals surface area contributed by atoms with Gasteiger partial charge in [-0.25, -0.2) is 0 Å². The molecule has 120 valence electrons. The van der Waals surface area contributed by atoms with E-state index in [4.69, 9.17) is 4.74 Å². The Hall–Kier alpha value is -1.35. The van der Waals surface area contributed by atoms with Crippen molar-refractivity contribution in [3.63, 3.8) is 0 Å². The number of carbonyl (C=O) groups excluding carboxylic acids is 1. The molecule has 0 radical (unpaired) electrons. The molecule has 0 aliphatic carbocycles. The van der Waals surface area contributed by atoms with Gasteiger partial charge in [0.05, 0.1) is 13.5 Å². The van der Waals surface area contributed by atoms with E-state index in [1.54, 1.807) is 0 Å². The lowest BCUT2D eigenvalue weighted by atomic mass is 9.75. The number of benzene rings is 1. The molecule has 2 aliphatic heterocycles. The Labute approximate surface area is 133 Å². The van der Waals surface area contributed by atoms with Crippen molar-refractivity contribution in [1.82, 2.24) is 4.90 Å². The molecule has 0 aromatic heterocycles. The molecule has 0 N–H and O–H groups in total. The molecule has 2 aliphatic rings. The van der Waals surface area contributed by atoms with E-state index in [9.17, 15) is 4.79 Å². The summed E-state index contributed by atoms with van der Waals surface area (Å²) in [7, 11) is 3.74. The lowest BCUT2D eigenvalue weighted by Gasteiger charge is -2.43. The molecule has 2 bridgehead atoms. The van der Waals surface area contributed by atoms with Crippen LogP contribution in [0.2, 0.25) is 0 Å². The van der Waals surface area contributed by atoms with Gasteiger partial charge in [-0.1, -0.05) is 37.3 Å². The smallest absolute Gasteiger partial charge is 0.305 e. The number of hydrogen-bond donors (Lipinski definition) is 0. The molecule has 0 amide bonds. The molecule has 2 fully saturated rings. The van der Waals surface area contributed by atoms with Crippen molar-refractivity contribution in [2.45, 2.75) is 44.7 Å². The number of fused-ring (bicyclic) bond motifs is 2. The minimum absolute atomic E-state index is 0.0607. The first-order valence-corrected chi connectivity index (χ1v) is 8.42. The molecule has 22 heavy (non-hydrogen) atoms. The third kappa shape index (κ3) is 2.91. The van der Waals surface area contributed by atoms with Crippen LogP contribution in [0.5, 0.6) is 0 Å². The molecule has 3 nitrogen and oxygen atoms in total. The molecule has 3 rings (SSSR count). The third-order valence-electron chi connectivity index (χ3n) is 5.93. The van der Waals surface area contributed by atoms with Gasteiger partial charge >= 0.3 is 5.97 Å². The van der Waals surface area contributed by atoms with Crippen LogP contribution < -0.4 is 0 Å². The first-order valence-electron chi connectivity index (χ1n) is 8.42. The van der Waals surface area contributed by atoms with E-state index in [1.165, 1.54) is 25.5 Å². The van der Waals surface area contributed by atoms with Crippen molar-refractivity contribution in [2.24, 2.45) is 17.8 Å². The zero-order chi connectivity index (χ0) is 15.7. The van der Waals surface area contributed by atoms with Crippen molar-refractivity contribution < 1.29 is 9.53 Å². The first-order chi connectivity index (χ1) is 10.6. The summed E-state index contributed by atoms with van der Waals surface area (Å²) in [4.78, 5) is 14.4. The number of rotatable bonds is 4. The maximum Gasteiger partial charge on any atom is 0.305 e. The van der Waals surface area contributed by atoms with Crippen LogP contribution in [0.1, 0.15) is 31.7 Å². The molecule has 1 aromatic carbocycles. The predicted octanol–water partition coefficient (Wildman–Crippen LogP) is 3.14. The molecule has 5 atom stereocenters. The molecule has 0 saturated carbocycles. The summed E-state index contributed by atoms with van der Waals surface area (Å²) < 4.78 is 4.96. The summed E-state index contributed by atoms with van der Waals surface area (Å²) >= 11 is 0. The van der Waals surface area contributed by atoms with Crippen LogP contribution in [0.15, 0.2) is 30.3 Å². The van der Waals surface area contributed by atoms with Crippen LogP contribution in [0.4, 0.5) is 0 Å². The summed E-state index contributed by atoms with van der Waals surface area (Å²) in [6, 6.07) is 11.9. The van der Waals surface area contributed by atoms with Crippen molar-refractivity contribution >= 4 is 5.97 Å². The van der Waals surface area contributed by atoms with Crippen molar-refractivity contribution in [3.8, 4) is 0 Å². The Kier molecular flexibility index (Phi) is 4.53. The Morgan fingerprint density at radius 1 is 1.23 bits per heavy atom. The number of carbonyl (C=O) groups is 1. The van der Waals surface area contributed by atoms with Gasteiger partial charge in [0.15, 0.2) is 0 Å². The van der Waals surface area contributed by atoms with E-state index < -0.39 is 0 Å². The van der Waals surface area contributed by atoms with Gasteiger partial charge in [0.2, 0.25) is 0 Å². The zero-order valence-electron chi connectivity index (χ0n) is 13.9. The second kappa shape index (κ2) is 6.41. The second-order valence-electron chi connectivity index (χ2n) is 7.14. The molecule has 3 heteroatoms. The number of methoxy groups -OCH3 is 1. The van der Waals surface area contributed by atoms with Crippen LogP contribution in [0.25, 0.3) is 0 Å². The lowest BCUT2D eigenvalue weighted by molar-refractivity contribution is -0.143. The first kappa shape index (κ1) is 15.5. The number of ether oxygens (including phenoxy) is 1. The Morgan fingerprint density at radius 2 is 1.95 bits per heavy atom. The minimum atomic E-state index is -0.0607. The predicted molar refractivity (Wildman–Crippen MR) is 87.5 cm³/mol. The van der Waals surface area contributed by atoms with Gasteiger partial charge in [-0.05, 0) is 49.6 Å². The Bertz CT molecular complexity index is 515. The molecule has 2 saturated heterocycles. The van der Waals surface area contributed by atoms with Crippen LogP contribution in [0, 0.1) is 17.8 Å². The number of hydrogen-bond acceptors (Lipinski definition) is 3. The minimum Gasteiger partial charge on any atom is -0.469 e. The van der Waals surface area contributed by atoms with Gasteiger partial charge in [0, 0.05) is 12.1 Å². The third-order valence-corrected chi connectivity index (χ3v) is 5.93. The fourth-order valence-electron chi connectivity index (χ4n) is 4.76. The van der Waals surface area contributed by atoms with Crippen LogP contribution in [-0.4, -0.2) is 37.1 Å². The standard InChI is InChI=1S/C19H27NO2/c1-13-9-18-16(12-19(21)22-3)15(11-17(13)20(18)2)10-14-7-5-4-6-8-14/h4-8,13,15-18H,9-12H2,1-3H3/t13-,15+,16+,17-,18-/m1/s1. The molecule has 2 heterocycles. The average molecular weight is 301 g/mol. The van der Waals surface area contributed by atoms with E-state index >= 15 is 0 Å². The van der Waals surface area contributed by atoms with Crippen LogP contribution in [0.3, 0.4) is 0 Å². The zero-order valence-corrected chi connectivity index (χ0v) is 13.9. The van der Waals surface area contributed by atoms with Crippen molar-refractivity contribution in [3.05, 3.63) is 35.9 Å². The number of piperidine rings is 1. The topological polar surface area (TPSA) is 29.5 Å². The largest absolute Gasteiger partial charge is 0.469 e. The maximum absolute atomic E-state index is 11.9. The van der Waals surface area contributed by atoms with E-state index in [1.807, 2.05) is 0 Å². The van der Waals surface area contributed by atoms with Gasteiger partial charge in [0.25, 0.3) is 0 Å². The molecular formula is C19H27NO2. The van der Waals surface area contributed by atoms with Gasteiger partial charge < -0.3 is 4.74 Å². The summed E-state index contributed by atoms with van der Waals surface area (Å²) in [5, 5.41) is 0. The van der Waals surface area contributed by atoms with Gasteiger partial charge in [-0.3, -0.25) is 9.69 Å². The highest BCUT2D eigenvalue weighted by Crippen LogP contribution is 2.46. The second-order valence-corrected chi connectivity index (χ2v) is 7.14. The SMILES string of the molecule is COC(=O)C[C@H]1[C@@H](Cc2ccccc2)C[C@@H]2[C@H](C)C[C@H]1N2C. The van der Waals surface area contributed by atoms with Crippen molar-refractivity contribution in [1.29, 1.82) is 0 Å². The Morgan fingerprint density at radius 3 is 2.64 bits per heavy atom. The molecule has 0 unspecified atom stereocenters. The summed E-state index contributed by atoms with van der Waals surface area (Å²) in [5.74, 6) is 1.67. The number of nitrogens with zero attached hydrogens (tertiary/aromatic N) is 1.